The third kappa shape index (κ3) is 2.35. The molecule has 1 aromatic rings. The van der Waals surface area contributed by atoms with Crippen LogP contribution in [-0.2, 0) is 6.54 Å². The van der Waals surface area contributed by atoms with E-state index in [4.69, 9.17) is 0 Å². The first-order valence-electron chi connectivity index (χ1n) is 4.86. The second-order valence-electron chi connectivity index (χ2n) is 2.92. The summed E-state index contributed by atoms with van der Waals surface area (Å²) in [7, 11) is 0. The fraction of sp³-hybridized carbons (Fsp3) is 0.333. The van der Waals surface area contributed by atoms with Crippen molar-refractivity contribution in [3.8, 4) is 0 Å². The van der Waals surface area contributed by atoms with Crippen molar-refractivity contribution in [2.75, 3.05) is 0 Å². The van der Waals surface area contributed by atoms with E-state index in [1.165, 1.54) is 16.7 Å². The Balaban J connectivity index is 0.000000396. The first-order valence-corrected chi connectivity index (χ1v) is 4.86. The molecule has 1 heteroatoms. The van der Waals surface area contributed by atoms with Crippen LogP contribution in [0.25, 0.3) is 6.08 Å². The summed E-state index contributed by atoms with van der Waals surface area (Å²) >= 11 is 0. The summed E-state index contributed by atoms with van der Waals surface area (Å²) in [6.45, 7) is 7.09. The standard InChI is InChI=1S/C10H11N.C2H6/c1-8-2-3-10-7-11-5-4-9(10)6-8;1-2/h2-6,11H,7H2,1H3;1-2H3. The fourth-order valence-electron chi connectivity index (χ4n) is 1.35. The third-order valence-corrected chi connectivity index (χ3v) is 1.97. The Bertz CT molecular complexity index is 300. The molecule has 0 bridgehead atoms. The Hall–Kier alpha value is -1.24. The van der Waals surface area contributed by atoms with Crippen molar-refractivity contribution >= 4 is 6.08 Å². The van der Waals surface area contributed by atoms with Gasteiger partial charge in [-0.15, -0.1) is 0 Å². The van der Waals surface area contributed by atoms with Crippen LogP contribution >= 0.6 is 0 Å². The van der Waals surface area contributed by atoms with Crippen molar-refractivity contribution in [2.24, 2.45) is 0 Å². The van der Waals surface area contributed by atoms with Crippen LogP contribution in [0, 0.1) is 6.92 Å². The van der Waals surface area contributed by atoms with Gasteiger partial charge in [0.2, 0.25) is 0 Å². The molecule has 0 spiro atoms. The van der Waals surface area contributed by atoms with Crippen molar-refractivity contribution in [1.82, 2.24) is 5.32 Å². The molecule has 0 amide bonds. The van der Waals surface area contributed by atoms with E-state index in [9.17, 15) is 0 Å². The monoisotopic (exact) mass is 175 g/mol. The van der Waals surface area contributed by atoms with Crippen LogP contribution < -0.4 is 5.32 Å². The lowest BCUT2D eigenvalue weighted by atomic mass is 10.0. The van der Waals surface area contributed by atoms with Crippen LogP contribution in [0.5, 0.6) is 0 Å². The van der Waals surface area contributed by atoms with E-state index >= 15 is 0 Å². The summed E-state index contributed by atoms with van der Waals surface area (Å²) in [5.74, 6) is 0. The molecular formula is C12H17N. The average Bonchev–Trinajstić information content (AvgIpc) is 2.21. The summed E-state index contributed by atoms with van der Waals surface area (Å²) in [6, 6.07) is 6.55. The van der Waals surface area contributed by atoms with E-state index in [1.54, 1.807) is 0 Å². The highest BCUT2D eigenvalue weighted by Crippen LogP contribution is 2.15. The molecular weight excluding hydrogens is 158 g/mol. The second-order valence-corrected chi connectivity index (χ2v) is 2.92. The van der Waals surface area contributed by atoms with E-state index in [0.29, 0.717) is 0 Å². The summed E-state index contributed by atoms with van der Waals surface area (Å²) in [6.07, 6.45) is 4.12. The minimum atomic E-state index is 0.964. The zero-order valence-electron chi connectivity index (χ0n) is 8.59. The molecule has 0 aliphatic carbocycles. The van der Waals surface area contributed by atoms with Crippen LogP contribution in [0.1, 0.15) is 30.5 Å². The van der Waals surface area contributed by atoms with Crippen molar-refractivity contribution in [3.05, 3.63) is 41.1 Å². The van der Waals surface area contributed by atoms with Gasteiger partial charge in [-0.3, -0.25) is 0 Å². The topological polar surface area (TPSA) is 12.0 Å². The summed E-state index contributed by atoms with van der Waals surface area (Å²) in [5, 5.41) is 3.18. The van der Waals surface area contributed by atoms with Gasteiger partial charge in [-0.2, -0.15) is 0 Å². The Morgan fingerprint density at radius 1 is 1.23 bits per heavy atom. The first-order chi connectivity index (χ1) is 6.36. The molecule has 2 rings (SSSR count). The maximum Gasteiger partial charge on any atom is 0.0401 e. The van der Waals surface area contributed by atoms with Crippen LogP contribution in [0.4, 0.5) is 0 Å². The van der Waals surface area contributed by atoms with Gasteiger partial charge in [0.1, 0.15) is 0 Å². The van der Waals surface area contributed by atoms with Gasteiger partial charge in [0, 0.05) is 6.54 Å². The molecule has 1 aliphatic heterocycles. The molecule has 1 N–H and O–H groups in total. The molecule has 1 aromatic carbocycles. The summed E-state index contributed by atoms with van der Waals surface area (Å²) < 4.78 is 0. The van der Waals surface area contributed by atoms with Gasteiger partial charge in [0.05, 0.1) is 0 Å². The minimum absolute atomic E-state index is 0.964. The number of nitrogens with one attached hydrogen (secondary N) is 1. The minimum Gasteiger partial charge on any atom is -0.387 e. The van der Waals surface area contributed by atoms with Gasteiger partial charge in [-0.05, 0) is 30.3 Å². The molecule has 1 aliphatic rings. The lowest BCUT2D eigenvalue weighted by Gasteiger charge is -2.11. The van der Waals surface area contributed by atoms with E-state index in [0.717, 1.165) is 6.54 Å². The highest BCUT2D eigenvalue weighted by Gasteiger charge is 2.01. The molecule has 0 saturated heterocycles. The van der Waals surface area contributed by atoms with Gasteiger partial charge in [0.15, 0.2) is 0 Å². The first kappa shape index (κ1) is 9.85. The molecule has 0 saturated carbocycles. The van der Waals surface area contributed by atoms with Gasteiger partial charge < -0.3 is 5.32 Å². The zero-order valence-corrected chi connectivity index (χ0v) is 8.59. The maximum absolute atomic E-state index is 3.18. The largest absolute Gasteiger partial charge is 0.387 e. The molecule has 0 unspecified atom stereocenters. The highest BCUT2D eigenvalue weighted by molar-refractivity contribution is 5.56. The predicted molar refractivity (Wildman–Crippen MR) is 58.4 cm³/mol. The molecule has 0 radical (unpaired) electrons. The molecule has 0 aromatic heterocycles. The van der Waals surface area contributed by atoms with Crippen molar-refractivity contribution in [3.63, 3.8) is 0 Å². The van der Waals surface area contributed by atoms with Gasteiger partial charge in [0.25, 0.3) is 0 Å². The molecule has 0 fully saturated rings. The quantitative estimate of drug-likeness (QED) is 0.639. The van der Waals surface area contributed by atoms with Gasteiger partial charge in [-0.25, -0.2) is 0 Å². The Morgan fingerprint density at radius 3 is 2.77 bits per heavy atom. The zero-order chi connectivity index (χ0) is 9.68. The van der Waals surface area contributed by atoms with Crippen molar-refractivity contribution < 1.29 is 0 Å². The SMILES string of the molecule is CC.Cc1ccc2c(c1)C=CNC2. The number of hydrogen-bond acceptors (Lipinski definition) is 1. The van der Waals surface area contributed by atoms with Gasteiger partial charge >= 0.3 is 0 Å². The third-order valence-electron chi connectivity index (χ3n) is 1.97. The maximum atomic E-state index is 3.18. The van der Waals surface area contributed by atoms with E-state index < -0.39 is 0 Å². The average molecular weight is 175 g/mol. The molecule has 1 nitrogen and oxygen atoms in total. The fourth-order valence-corrected chi connectivity index (χ4v) is 1.35. The normalized spacial score (nSPS) is 12.2. The number of fused-ring (bicyclic) bond motifs is 1. The van der Waals surface area contributed by atoms with E-state index in [2.05, 4.69) is 36.5 Å². The number of aryl methyl sites for hydroxylation is 1. The number of rotatable bonds is 0. The van der Waals surface area contributed by atoms with Crippen LogP contribution in [-0.4, -0.2) is 0 Å². The highest BCUT2D eigenvalue weighted by atomic mass is 14.8. The van der Waals surface area contributed by atoms with E-state index in [-0.39, 0.29) is 0 Å². The summed E-state index contributed by atoms with van der Waals surface area (Å²) in [4.78, 5) is 0. The molecule has 13 heavy (non-hydrogen) atoms. The number of hydrogen-bond donors (Lipinski definition) is 1. The lowest BCUT2D eigenvalue weighted by molar-refractivity contribution is 0.858. The van der Waals surface area contributed by atoms with Crippen LogP contribution in [0.15, 0.2) is 24.4 Å². The lowest BCUT2D eigenvalue weighted by Crippen LogP contribution is -2.09. The predicted octanol–water partition coefficient (Wildman–Crippen LogP) is 3.10. The Labute approximate surface area is 80.5 Å². The molecule has 70 valence electrons. The Morgan fingerprint density at radius 2 is 2.00 bits per heavy atom. The number of benzene rings is 1. The van der Waals surface area contributed by atoms with Gasteiger partial charge in [-0.1, -0.05) is 37.6 Å². The smallest absolute Gasteiger partial charge is 0.0401 e. The van der Waals surface area contributed by atoms with Crippen molar-refractivity contribution in [2.45, 2.75) is 27.3 Å². The van der Waals surface area contributed by atoms with Crippen LogP contribution in [0.2, 0.25) is 0 Å². The Kier molecular flexibility index (Phi) is 3.56. The van der Waals surface area contributed by atoms with Crippen LogP contribution in [0.3, 0.4) is 0 Å². The van der Waals surface area contributed by atoms with Crippen molar-refractivity contribution in [1.29, 1.82) is 0 Å². The molecule has 0 atom stereocenters. The second kappa shape index (κ2) is 4.70. The van der Waals surface area contributed by atoms with E-state index in [1.807, 2.05) is 20.0 Å². The summed E-state index contributed by atoms with van der Waals surface area (Å²) in [5.41, 5.74) is 4.07. The molecule has 1 heterocycles.